The quantitative estimate of drug-likeness (QED) is 0.293. The summed E-state index contributed by atoms with van der Waals surface area (Å²) in [5, 5.41) is 8.82. The minimum Gasteiger partial charge on any atom is -0.445 e. The standard InChI is InChI=1S/C29H25F3N4O2/c30-29(31,32)24-8-4-7-23(17-24)27-25(21-9-13-33-14-10-21)18-26(34-35-27)22-11-15-36(16-12-22)28(37)38-19-20-5-2-1-3-6-20/h1-10,13-14,17-18,22H,11-12,15-16,19H2. The van der Waals surface area contributed by atoms with Crippen LogP contribution in [0.1, 0.15) is 35.6 Å². The number of carbonyl (C=O) groups excluding carboxylic acids is 1. The van der Waals surface area contributed by atoms with Crippen molar-refractivity contribution in [2.75, 3.05) is 13.1 Å². The lowest BCUT2D eigenvalue weighted by Crippen LogP contribution is -2.38. The van der Waals surface area contributed by atoms with E-state index in [1.165, 1.54) is 6.07 Å². The van der Waals surface area contributed by atoms with Crippen molar-refractivity contribution < 1.29 is 22.7 Å². The van der Waals surface area contributed by atoms with Gasteiger partial charge in [0.2, 0.25) is 0 Å². The highest BCUT2D eigenvalue weighted by Crippen LogP contribution is 2.37. The smallest absolute Gasteiger partial charge is 0.416 e. The van der Waals surface area contributed by atoms with E-state index in [9.17, 15) is 18.0 Å². The molecule has 5 rings (SSSR count). The van der Waals surface area contributed by atoms with Crippen molar-refractivity contribution >= 4 is 6.09 Å². The van der Waals surface area contributed by atoms with E-state index >= 15 is 0 Å². The lowest BCUT2D eigenvalue weighted by molar-refractivity contribution is -0.137. The Bertz CT molecular complexity index is 1390. The third kappa shape index (κ3) is 5.82. The Morgan fingerprint density at radius 3 is 2.34 bits per heavy atom. The fraction of sp³-hybridized carbons (Fsp3) is 0.241. The molecule has 2 aromatic carbocycles. The molecule has 38 heavy (non-hydrogen) atoms. The van der Waals surface area contributed by atoms with Gasteiger partial charge >= 0.3 is 12.3 Å². The molecule has 0 spiro atoms. The average molecular weight is 519 g/mol. The van der Waals surface area contributed by atoms with Crippen molar-refractivity contribution in [2.24, 2.45) is 0 Å². The number of aromatic nitrogens is 3. The van der Waals surface area contributed by atoms with E-state index in [1.54, 1.807) is 35.5 Å². The molecule has 1 fully saturated rings. The first-order chi connectivity index (χ1) is 18.4. The van der Waals surface area contributed by atoms with E-state index in [4.69, 9.17) is 4.74 Å². The van der Waals surface area contributed by atoms with Crippen LogP contribution in [-0.2, 0) is 17.5 Å². The van der Waals surface area contributed by atoms with Gasteiger partial charge in [-0.1, -0.05) is 42.5 Å². The molecular weight excluding hydrogens is 493 g/mol. The van der Waals surface area contributed by atoms with Crippen LogP contribution in [0.4, 0.5) is 18.0 Å². The van der Waals surface area contributed by atoms with Crippen molar-refractivity contribution in [1.82, 2.24) is 20.1 Å². The summed E-state index contributed by atoms with van der Waals surface area (Å²) in [5.41, 5.74) is 3.09. The first kappa shape index (κ1) is 25.4. The SMILES string of the molecule is O=C(OCc1ccccc1)N1CCC(c2cc(-c3ccncc3)c(-c3cccc(C(F)(F)F)c3)nn2)CC1. The highest BCUT2D eigenvalue weighted by Gasteiger charge is 2.31. The molecule has 0 radical (unpaired) electrons. The molecule has 9 heteroatoms. The van der Waals surface area contributed by atoms with Gasteiger partial charge in [0.25, 0.3) is 0 Å². The molecule has 1 aliphatic rings. The molecule has 1 amide bonds. The van der Waals surface area contributed by atoms with Gasteiger partial charge in [-0.3, -0.25) is 4.98 Å². The summed E-state index contributed by atoms with van der Waals surface area (Å²) in [4.78, 5) is 18.3. The number of rotatable bonds is 5. The number of carbonyl (C=O) groups is 1. The summed E-state index contributed by atoms with van der Waals surface area (Å²) in [5.74, 6) is 0.0526. The minimum absolute atomic E-state index is 0.0526. The van der Waals surface area contributed by atoms with Gasteiger partial charge in [-0.05, 0) is 54.3 Å². The Morgan fingerprint density at radius 1 is 0.895 bits per heavy atom. The lowest BCUT2D eigenvalue weighted by atomic mass is 9.91. The normalized spacial score (nSPS) is 14.3. The number of nitrogens with zero attached hydrogens (tertiary/aromatic N) is 4. The number of hydrogen-bond donors (Lipinski definition) is 0. The Morgan fingerprint density at radius 2 is 1.63 bits per heavy atom. The zero-order valence-corrected chi connectivity index (χ0v) is 20.4. The van der Waals surface area contributed by atoms with Gasteiger partial charge in [0.05, 0.1) is 11.3 Å². The van der Waals surface area contributed by atoms with Crippen LogP contribution in [0.25, 0.3) is 22.4 Å². The molecule has 6 nitrogen and oxygen atoms in total. The summed E-state index contributed by atoms with van der Waals surface area (Å²) >= 11 is 0. The molecular formula is C29H25F3N4O2. The van der Waals surface area contributed by atoms with Crippen molar-refractivity contribution in [3.8, 4) is 22.4 Å². The van der Waals surface area contributed by atoms with Gasteiger partial charge < -0.3 is 9.64 Å². The number of hydrogen-bond acceptors (Lipinski definition) is 5. The fourth-order valence-corrected chi connectivity index (χ4v) is 4.58. The number of likely N-dealkylation sites (tertiary alicyclic amines) is 1. The monoisotopic (exact) mass is 518 g/mol. The summed E-state index contributed by atoms with van der Waals surface area (Å²) in [6.45, 7) is 1.25. The maximum atomic E-state index is 13.4. The summed E-state index contributed by atoms with van der Waals surface area (Å²) < 4.78 is 45.5. The maximum absolute atomic E-state index is 13.4. The Kier molecular flexibility index (Phi) is 7.35. The van der Waals surface area contributed by atoms with Gasteiger partial charge in [0, 0.05) is 42.5 Å². The highest BCUT2D eigenvalue weighted by atomic mass is 19.4. The first-order valence-corrected chi connectivity index (χ1v) is 12.3. The first-order valence-electron chi connectivity index (χ1n) is 12.3. The van der Waals surface area contributed by atoms with Gasteiger partial charge in [0.15, 0.2) is 0 Å². The Balaban J connectivity index is 1.34. The summed E-state index contributed by atoms with van der Waals surface area (Å²) in [7, 11) is 0. The van der Waals surface area contributed by atoms with Crippen LogP contribution in [0.3, 0.4) is 0 Å². The largest absolute Gasteiger partial charge is 0.445 e. The maximum Gasteiger partial charge on any atom is 0.416 e. The summed E-state index contributed by atoms with van der Waals surface area (Å²) in [6, 6.07) is 20.1. The van der Waals surface area contributed by atoms with Gasteiger partial charge in [-0.2, -0.15) is 18.3 Å². The lowest BCUT2D eigenvalue weighted by Gasteiger charge is -2.31. The molecule has 0 N–H and O–H groups in total. The molecule has 0 bridgehead atoms. The summed E-state index contributed by atoms with van der Waals surface area (Å²) in [6.07, 6.45) is -0.204. The van der Waals surface area contributed by atoms with Crippen LogP contribution in [0, 0.1) is 0 Å². The molecule has 4 aromatic rings. The van der Waals surface area contributed by atoms with Gasteiger partial charge in [0.1, 0.15) is 12.3 Å². The van der Waals surface area contributed by atoms with Crippen LogP contribution in [-0.4, -0.2) is 39.3 Å². The molecule has 0 atom stereocenters. The number of alkyl halides is 3. The fourth-order valence-electron chi connectivity index (χ4n) is 4.58. The average Bonchev–Trinajstić information content (AvgIpc) is 2.96. The van der Waals surface area contributed by atoms with E-state index in [1.807, 2.05) is 36.4 Å². The van der Waals surface area contributed by atoms with E-state index in [0.29, 0.717) is 42.8 Å². The second-order valence-corrected chi connectivity index (χ2v) is 9.15. The van der Waals surface area contributed by atoms with Crippen molar-refractivity contribution in [3.63, 3.8) is 0 Å². The van der Waals surface area contributed by atoms with Crippen LogP contribution in [0.2, 0.25) is 0 Å². The van der Waals surface area contributed by atoms with Crippen LogP contribution in [0.5, 0.6) is 0 Å². The molecule has 0 unspecified atom stereocenters. The molecule has 1 saturated heterocycles. The molecule has 0 saturated carbocycles. The van der Waals surface area contributed by atoms with E-state index in [-0.39, 0.29) is 18.6 Å². The van der Waals surface area contributed by atoms with Crippen LogP contribution < -0.4 is 0 Å². The zero-order chi connectivity index (χ0) is 26.5. The van der Waals surface area contributed by atoms with Crippen molar-refractivity contribution in [2.45, 2.75) is 31.5 Å². The predicted molar refractivity (Wildman–Crippen MR) is 136 cm³/mol. The predicted octanol–water partition coefficient (Wildman–Crippen LogP) is 6.74. The van der Waals surface area contributed by atoms with E-state index in [0.717, 1.165) is 29.0 Å². The Hall–Kier alpha value is -4.27. The second-order valence-electron chi connectivity index (χ2n) is 9.15. The number of benzene rings is 2. The number of piperidine rings is 1. The van der Waals surface area contributed by atoms with Crippen LogP contribution >= 0.6 is 0 Å². The van der Waals surface area contributed by atoms with Gasteiger partial charge in [-0.25, -0.2) is 4.79 Å². The number of pyridine rings is 1. The molecule has 2 aromatic heterocycles. The zero-order valence-electron chi connectivity index (χ0n) is 20.4. The molecule has 194 valence electrons. The molecule has 3 heterocycles. The number of ether oxygens (including phenoxy) is 1. The topological polar surface area (TPSA) is 68.2 Å². The van der Waals surface area contributed by atoms with Crippen molar-refractivity contribution in [1.29, 1.82) is 0 Å². The van der Waals surface area contributed by atoms with Crippen LogP contribution in [0.15, 0.2) is 85.2 Å². The third-order valence-corrected chi connectivity index (χ3v) is 6.64. The van der Waals surface area contributed by atoms with E-state index < -0.39 is 11.7 Å². The molecule has 1 aliphatic heterocycles. The second kappa shape index (κ2) is 11.0. The molecule has 0 aliphatic carbocycles. The Labute approximate surface area is 218 Å². The van der Waals surface area contributed by atoms with E-state index in [2.05, 4.69) is 15.2 Å². The highest BCUT2D eigenvalue weighted by molar-refractivity contribution is 5.80. The number of halogens is 3. The number of amides is 1. The van der Waals surface area contributed by atoms with Gasteiger partial charge in [-0.15, -0.1) is 5.10 Å². The van der Waals surface area contributed by atoms with Crippen molar-refractivity contribution in [3.05, 3.63) is 102 Å². The minimum atomic E-state index is -4.46. The third-order valence-electron chi connectivity index (χ3n) is 6.64.